The van der Waals surface area contributed by atoms with E-state index in [9.17, 15) is 5.11 Å². The van der Waals surface area contributed by atoms with Gasteiger partial charge in [-0.05, 0) is 31.9 Å². The van der Waals surface area contributed by atoms with Crippen molar-refractivity contribution in [1.82, 2.24) is 25.4 Å². The van der Waals surface area contributed by atoms with Crippen LogP contribution >= 0.6 is 46.9 Å². The minimum absolute atomic E-state index is 0. The molecule has 2 aromatic heterocycles. The normalized spacial score (nSPS) is 18.0. The van der Waals surface area contributed by atoms with Gasteiger partial charge in [0.25, 0.3) is 0 Å². The summed E-state index contributed by atoms with van der Waals surface area (Å²) in [6, 6.07) is 3.62. The van der Waals surface area contributed by atoms with Crippen LogP contribution in [0, 0.1) is 6.92 Å². The minimum atomic E-state index is -0.658. The molecule has 11 heteroatoms. The van der Waals surface area contributed by atoms with Gasteiger partial charge in [-0.2, -0.15) is 0 Å². The molecular weight excluding hydrogens is 515 g/mol. The smallest absolute Gasteiger partial charge is 0.191 e. The number of aliphatic hydroxyl groups excluding tert-OH is 1. The molecule has 3 N–H and O–H groups in total. The molecule has 0 bridgehead atoms. The van der Waals surface area contributed by atoms with Gasteiger partial charge < -0.3 is 25.0 Å². The molecule has 3 heterocycles. The molecule has 0 amide bonds. The Labute approximate surface area is 190 Å². The lowest BCUT2D eigenvalue weighted by atomic mass is 10.2. The average molecular weight is 541 g/mol. The highest BCUT2D eigenvalue weighted by Crippen LogP contribution is 2.26. The summed E-state index contributed by atoms with van der Waals surface area (Å²) in [6.45, 7) is 4.09. The molecule has 0 aromatic carbocycles. The van der Waals surface area contributed by atoms with Crippen molar-refractivity contribution in [3.63, 3.8) is 0 Å². The second-order valence-corrected chi connectivity index (χ2v) is 8.19. The second kappa shape index (κ2) is 11.3. The number of aliphatic hydroxyl groups is 1. The van der Waals surface area contributed by atoms with E-state index in [1.54, 1.807) is 6.07 Å². The fourth-order valence-corrected chi connectivity index (χ4v) is 3.78. The topological polar surface area (TPSA) is 96.6 Å². The van der Waals surface area contributed by atoms with E-state index < -0.39 is 6.10 Å². The highest BCUT2D eigenvalue weighted by atomic mass is 127. The second-order valence-electron chi connectivity index (χ2n) is 6.44. The molecule has 0 aliphatic carbocycles. The van der Waals surface area contributed by atoms with Gasteiger partial charge in [0, 0.05) is 31.6 Å². The Morgan fingerprint density at radius 3 is 2.89 bits per heavy atom. The van der Waals surface area contributed by atoms with Gasteiger partial charge in [0.15, 0.2) is 11.8 Å². The van der Waals surface area contributed by atoms with Gasteiger partial charge in [0.2, 0.25) is 0 Å². The molecule has 1 aliphatic heterocycles. The summed E-state index contributed by atoms with van der Waals surface area (Å²) in [4.78, 5) is 5.40. The van der Waals surface area contributed by atoms with Crippen molar-refractivity contribution >= 4 is 52.9 Å². The van der Waals surface area contributed by atoms with Crippen LogP contribution in [0.3, 0.4) is 0 Å². The zero-order valence-electron chi connectivity index (χ0n) is 15.9. The molecule has 1 saturated heterocycles. The molecule has 8 nitrogen and oxygen atoms in total. The number of ether oxygens (including phenoxy) is 1. The summed E-state index contributed by atoms with van der Waals surface area (Å²) in [7, 11) is 1.91. The fourth-order valence-electron chi connectivity index (χ4n) is 2.73. The maximum absolute atomic E-state index is 10.4. The molecule has 0 radical (unpaired) electrons. The molecule has 2 unspecified atom stereocenters. The van der Waals surface area contributed by atoms with Crippen LogP contribution in [-0.2, 0) is 18.3 Å². The molecule has 0 saturated carbocycles. The van der Waals surface area contributed by atoms with Crippen molar-refractivity contribution in [2.75, 3.05) is 19.7 Å². The molecule has 1 aliphatic rings. The van der Waals surface area contributed by atoms with Crippen LogP contribution in [0.5, 0.6) is 0 Å². The average Bonchev–Trinajstić information content (AvgIpc) is 3.39. The quantitative estimate of drug-likeness (QED) is 0.284. The summed E-state index contributed by atoms with van der Waals surface area (Å²) < 4.78 is 8.22. The van der Waals surface area contributed by atoms with Gasteiger partial charge in [-0.15, -0.1) is 45.5 Å². The number of nitrogens with one attached hydrogen (secondary N) is 2. The van der Waals surface area contributed by atoms with Gasteiger partial charge in [0.1, 0.15) is 18.5 Å². The number of halogens is 2. The Balaban J connectivity index is 0.00000280. The van der Waals surface area contributed by atoms with E-state index in [4.69, 9.17) is 16.3 Å². The first-order valence-electron chi connectivity index (χ1n) is 8.95. The molecule has 0 spiro atoms. The van der Waals surface area contributed by atoms with Gasteiger partial charge in [0.05, 0.1) is 10.4 Å². The first kappa shape index (κ1) is 23.3. The SMILES string of the molecule is Cc1nnc(CN=C(NCC2CCCO2)NCC(O)c2ccc(Cl)s2)n1C.I. The zero-order valence-corrected chi connectivity index (χ0v) is 19.8. The lowest BCUT2D eigenvalue weighted by Crippen LogP contribution is -2.42. The van der Waals surface area contributed by atoms with Crippen molar-refractivity contribution in [2.45, 2.75) is 38.5 Å². The predicted molar refractivity (Wildman–Crippen MR) is 122 cm³/mol. The van der Waals surface area contributed by atoms with Crippen LogP contribution in [0.2, 0.25) is 4.34 Å². The van der Waals surface area contributed by atoms with Crippen molar-refractivity contribution in [2.24, 2.45) is 12.0 Å². The number of aromatic nitrogens is 3. The van der Waals surface area contributed by atoms with E-state index >= 15 is 0 Å². The van der Waals surface area contributed by atoms with Crippen LogP contribution in [0.4, 0.5) is 0 Å². The number of guanidine groups is 1. The van der Waals surface area contributed by atoms with Crippen LogP contribution in [0.15, 0.2) is 17.1 Å². The van der Waals surface area contributed by atoms with Crippen molar-refractivity contribution in [1.29, 1.82) is 0 Å². The summed E-state index contributed by atoms with van der Waals surface area (Å²) in [5.41, 5.74) is 0. The fraction of sp³-hybridized carbons (Fsp3) is 0.588. The van der Waals surface area contributed by atoms with E-state index in [0.29, 0.717) is 29.9 Å². The van der Waals surface area contributed by atoms with Crippen LogP contribution < -0.4 is 10.6 Å². The Morgan fingerprint density at radius 1 is 1.46 bits per heavy atom. The van der Waals surface area contributed by atoms with Crippen molar-refractivity contribution in [3.8, 4) is 0 Å². The van der Waals surface area contributed by atoms with Gasteiger partial charge >= 0.3 is 0 Å². The standard InChI is InChI=1S/C17H25ClN6O2S.HI/c1-11-22-23-16(24(11)2)10-21-17(19-8-12-4-3-7-26-12)20-9-13(25)14-5-6-15(18)27-14;/h5-6,12-13,25H,3-4,7-10H2,1-2H3,(H2,19,20,21);1H. The van der Waals surface area contributed by atoms with Gasteiger partial charge in [-0.3, -0.25) is 0 Å². The summed E-state index contributed by atoms with van der Waals surface area (Å²) in [5, 5.41) is 25.0. The monoisotopic (exact) mass is 540 g/mol. The maximum Gasteiger partial charge on any atom is 0.191 e. The number of rotatable bonds is 7. The Bertz CT molecular complexity index is 778. The van der Waals surface area contributed by atoms with Gasteiger partial charge in [-0.1, -0.05) is 11.6 Å². The van der Waals surface area contributed by atoms with E-state index in [0.717, 1.165) is 36.0 Å². The Kier molecular flexibility index (Phi) is 9.41. The summed E-state index contributed by atoms with van der Waals surface area (Å²) in [5.74, 6) is 2.22. The third kappa shape index (κ3) is 6.55. The summed E-state index contributed by atoms with van der Waals surface area (Å²) in [6.07, 6.45) is 1.66. The van der Waals surface area contributed by atoms with E-state index in [2.05, 4.69) is 25.8 Å². The zero-order chi connectivity index (χ0) is 19.2. The molecular formula is C17H26ClIN6O2S. The van der Waals surface area contributed by atoms with Gasteiger partial charge in [-0.25, -0.2) is 4.99 Å². The summed E-state index contributed by atoms with van der Waals surface area (Å²) >= 11 is 7.32. The van der Waals surface area contributed by atoms with Crippen LogP contribution in [-0.4, -0.2) is 51.6 Å². The number of nitrogens with zero attached hydrogens (tertiary/aromatic N) is 4. The third-order valence-corrected chi connectivity index (χ3v) is 5.80. The number of aliphatic imine (C=N–C) groups is 1. The Morgan fingerprint density at radius 2 is 2.29 bits per heavy atom. The highest BCUT2D eigenvalue weighted by Gasteiger charge is 2.17. The van der Waals surface area contributed by atoms with E-state index in [1.165, 1.54) is 11.3 Å². The highest BCUT2D eigenvalue weighted by molar-refractivity contribution is 14.0. The van der Waals surface area contributed by atoms with Crippen molar-refractivity contribution in [3.05, 3.63) is 33.0 Å². The molecule has 28 heavy (non-hydrogen) atoms. The molecule has 3 rings (SSSR count). The predicted octanol–water partition coefficient (Wildman–Crippen LogP) is 2.40. The Hall–Kier alpha value is -0.950. The molecule has 2 atom stereocenters. The largest absolute Gasteiger partial charge is 0.386 e. The minimum Gasteiger partial charge on any atom is -0.386 e. The molecule has 1 fully saturated rings. The van der Waals surface area contributed by atoms with Crippen molar-refractivity contribution < 1.29 is 9.84 Å². The van der Waals surface area contributed by atoms with E-state index in [-0.39, 0.29) is 30.1 Å². The first-order valence-corrected chi connectivity index (χ1v) is 10.1. The lowest BCUT2D eigenvalue weighted by Gasteiger charge is -2.17. The van der Waals surface area contributed by atoms with E-state index in [1.807, 2.05) is 24.6 Å². The molecule has 2 aromatic rings. The molecule has 156 valence electrons. The number of aryl methyl sites for hydroxylation is 1. The number of hydrogen-bond acceptors (Lipinski definition) is 6. The third-order valence-electron chi connectivity index (χ3n) is 4.47. The van der Waals surface area contributed by atoms with Crippen LogP contribution in [0.25, 0.3) is 0 Å². The lowest BCUT2D eigenvalue weighted by molar-refractivity contribution is 0.113. The van der Waals surface area contributed by atoms with Crippen LogP contribution in [0.1, 0.15) is 35.5 Å². The first-order chi connectivity index (χ1) is 13.0. The number of hydrogen-bond donors (Lipinski definition) is 3. The maximum atomic E-state index is 10.4. The number of thiophene rings is 1.